The van der Waals surface area contributed by atoms with Gasteiger partial charge in [0.2, 0.25) is 0 Å². The molecule has 0 aromatic heterocycles. The first kappa shape index (κ1) is 13.1. The first-order valence-corrected chi connectivity index (χ1v) is 4.99. The van der Waals surface area contributed by atoms with Crippen molar-refractivity contribution in [2.24, 2.45) is 0 Å². The molecule has 7 heteroatoms. The predicted octanol–water partition coefficient (Wildman–Crippen LogP) is 2.24. The molecule has 0 spiro atoms. The Balaban J connectivity index is 3.45. The lowest BCUT2D eigenvalue weighted by Gasteiger charge is -2.05. The number of benzene rings is 1. The molecule has 0 heterocycles. The molecule has 0 saturated heterocycles. The molecule has 0 saturated carbocycles. The number of nitro benzene ring substituents is 1. The molecule has 0 aliphatic rings. The SMILES string of the molecule is CCOC(=O)c1cc(Cl)cc(C=O)c1[N+](=O)[O-]. The highest BCUT2D eigenvalue weighted by atomic mass is 35.5. The molecule has 0 aliphatic carbocycles. The molecule has 0 unspecified atom stereocenters. The van der Waals surface area contributed by atoms with Crippen molar-refractivity contribution in [1.29, 1.82) is 0 Å². The van der Waals surface area contributed by atoms with Crippen LogP contribution in [0.25, 0.3) is 0 Å². The first-order chi connectivity index (χ1) is 8.01. The molecule has 6 nitrogen and oxygen atoms in total. The second-order valence-corrected chi connectivity index (χ2v) is 3.42. The molecule has 17 heavy (non-hydrogen) atoms. The van der Waals surface area contributed by atoms with Gasteiger partial charge >= 0.3 is 5.97 Å². The number of rotatable bonds is 4. The molecular formula is C10H8ClNO5. The zero-order valence-electron chi connectivity index (χ0n) is 8.81. The van der Waals surface area contributed by atoms with Crippen LogP contribution in [0.15, 0.2) is 12.1 Å². The summed E-state index contributed by atoms with van der Waals surface area (Å²) in [5.41, 5.74) is -1.18. The Hall–Kier alpha value is -1.95. The lowest BCUT2D eigenvalue weighted by molar-refractivity contribution is -0.385. The highest BCUT2D eigenvalue weighted by Crippen LogP contribution is 2.27. The van der Waals surface area contributed by atoms with Crippen molar-refractivity contribution in [2.75, 3.05) is 6.61 Å². The minimum atomic E-state index is -0.884. The molecule has 0 amide bonds. The summed E-state index contributed by atoms with van der Waals surface area (Å²) < 4.78 is 4.66. The van der Waals surface area contributed by atoms with E-state index in [2.05, 4.69) is 4.74 Å². The van der Waals surface area contributed by atoms with Crippen LogP contribution in [-0.2, 0) is 4.74 Å². The number of esters is 1. The Labute approximate surface area is 101 Å². The molecule has 90 valence electrons. The van der Waals surface area contributed by atoms with Crippen molar-refractivity contribution < 1.29 is 19.2 Å². The Morgan fingerprint density at radius 3 is 2.71 bits per heavy atom. The van der Waals surface area contributed by atoms with Crippen LogP contribution in [0.4, 0.5) is 5.69 Å². The van der Waals surface area contributed by atoms with Crippen molar-refractivity contribution in [3.05, 3.63) is 38.4 Å². The quantitative estimate of drug-likeness (QED) is 0.357. The van der Waals surface area contributed by atoms with E-state index >= 15 is 0 Å². The van der Waals surface area contributed by atoms with E-state index in [4.69, 9.17) is 11.6 Å². The van der Waals surface area contributed by atoms with Crippen LogP contribution in [0.3, 0.4) is 0 Å². The minimum Gasteiger partial charge on any atom is -0.462 e. The third-order valence-electron chi connectivity index (χ3n) is 1.91. The molecule has 0 bridgehead atoms. The van der Waals surface area contributed by atoms with Crippen LogP contribution in [-0.4, -0.2) is 23.8 Å². The van der Waals surface area contributed by atoms with Gasteiger partial charge in [-0.15, -0.1) is 0 Å². The van der Waals surface area contributed by atoms with Crippen molar-refractivity contribution in [3.8, 4) is 0 Å². The van der Waals surface area contributed by atoms with Crippen molar-refractivity contribution in [3.63, 3.8) is 0 Å². The zero-order chi connectivity index (χ0) is 13.0. The number of aldehydes is 1. The second-order valence-electron chi connectivity index (χ2n) is 2.99. The number of halogens is 1. The van der Waals surface area contributed by atoms with Crippen molar-refractivity contribution in [2.45, 2.75) is 6.92 Å². The zero-order valence-corrected chi connectivity index (χ0v) is 9.56. The second kappa shape index (κ2) is 5.40. The molecule has 1 aromatic carbocycles. The fraction of sp³-hybridized carbons (Fsp3) is 0.200. The van der Waals surface area contributed by atoms with E-state index in [0.29, 0.717) is 0 Å². The summed E-state index contributed by atoms with van der Waals surface area (Å²) in [5, 5.41) is 10.9. The van der Waals surface area contributed by atoms with Gasteiger partial charge in [0, 0.05) is 5.02 Å². The Kier molecular flexibility index (Phi) is 4.17. The number of carbonyl (C=O) groups is 2. The maximum absolute atomic E-state index is 11.5. The van der Waals surface area contributed by atoms with Crippen LogP contribution in [0.2, 0.25) is 5.02 Å². The predicted molar refractivity (Wildman–Crippen MR) is 59.5 cm³/mol. The Morgan fingerprint density at radius 2 is 2.24 bits per heavy atom. The van der Waals surface area contributed by atoms with Crippen molar-refractivity contribution in [1.82, 2.24) is 0 Å². The lowest BCUT2D eigenvalue weighted by Crippen LogP contribution is -2.10. The van der Waals surface area contributed by atoms with E-state index in [1.54, 1.807) is 6.92 Å². The summed E-state index contributed by atoms with van der Waals surface area (Å²) in [6.07, 6.45) is 0.271. The minimum absolute atomic E-state index is 0.0563. The van der Waals surface area contributed by atoms with Gasteiger partial charge in [0.05, 0.1) is 17.1 Å². The fourth-order valence-corrected chi connectivity index (χ4v) is 1.51. The van der Waals surface area contributed by atoms with E-state index in [9.17, 15) is 19.7 Å². The monoisotopic (exact) mass is 257 g/mol. The van der Waals surface area contributed by atoms with Crippen LogP contribution in [0.5, 0.6) is 0 Å². The van der Waals surface area contributed by atoms with Gasteiger partial charge < -0.3 is 4.74 Å². The standard InChI is InChI=1S/C10H8ClNO5/c1-2-17-10(14)8-4-7(11)3-6(5-13)9(8)12(15)16/h3-5H,2H2,1H3. The number of nitrogens with zero attached hydrogens (tertiary/aromatic N) is 1. The molecule has 0 radical (unpaired) electrons. The number of nitro groups is 1. The van der Waals surface area contributed by atoms with Crippen LogP contribution in [0, 0.1) is 10.1 Å². The van der Waals surface area contributed by atoms with E-state index < -0.39 is 16.6 Å². The van der Waals surface area contributed by atoms with Crippen LogP contribution in [0.1, 0.15) is 27.6 Å². The largest absolute Gasteiger partial charge is 0.462 e. The number of hydrogen-bond donors (Lipinski definition) is 0. The molecule has 1 rings (SSSR count). The average molecular weight is 258 g/mol. The van der Waals surface area contributed by atoms with E-state index in [1.807, 2.05) is 0 Å². The molecular weight excluding hydrogens is 250 g/mol. The fourth-order valence-electron chi connectivity index (χ4n) is 1.28. The first-order valence-electron chi connectivity index (χ1n) is 4.61. The molecule has 0 fully saturated rings. The summed E-state index contributed by atoms with van der Waals surface area (Å²) in [4.78, 5) is 32.2. The van der Waals surface area contributed by atoms with Crippen LogP contribution < -0.4 is 0 Å². The van der Waals surface area contributed by atoms with Gasteiger partial charge in [0.15, 0.2) is 6.29 Å². The number of carbonyl (C=O) groups excluding carboxylic acids is 2. The molecule has 0 N–H and O–H groups in total. The van der Waals surface area contributed by atoms with Gasteiger partial charge in [0.1, 0.15) is 5.56 Å². The summed E-state index contributed by atoms with van der Waals surface area (Å²) in [5.74, 6) is -0.884. The Bertz CT molecular complexity index is 486. The topological polar surface area (TPSA) is 86.5 Å². The van der Waals surface area contributed by atoms with Crippen molar-refractivity contribution >= 4 is 29.5 Å². The molecule has 0 aliphatic heterocycles. The average Bonchev–Trinajstić information content (AvgIpc) is 2.27. The summed E-state index contributed by atoms with van der Waals surface area (Å²) in [6.45, 7) is 1.63. The maximum Gasteiger partial charge on any atom is 0.345 e. The van der Waals surface area contributed by atoms with Crippen LogP contribution >= 0.6 is 11.6 Å². The number of ether oxygens (including phenoxy) is 1. The van der Waals surface area contributed by atoms with E-state index in [0.717, 1.165) is 12.1 Å². The normalized spacial score (nSPS) is 9.76. The third kappa shape index (κ3) is 2.79. The number of hydrogen-bond acceptors (Lipinski definition) is 5. The van der Waals surface area contributed by atoms with E-state index in [-0.39, 0.29) is 29.0 Å². The highest BCUT2D eigenvalue weighted by molar-refractivity contribution is 6.31. The smallest absolute Gasteiger partial charge is 0.345 e. The van der Waals surface area contributed by atoms with Gasteiger partial charge in [-0.3, -0.25) is 14.9 Å². The summed E-state index contributed by atoms with van der Waals surface area (Å²) in [7, 11) is 0. The van der Waals surface area contributed by atoms with Gasteiger partial charge in [0.25, 0.3) is 5.69 Å². The van der Waals surface area contributed by atoms with Gasteiger partial charge in [-0.2, -0.15) is 0 Å². The molecule has 1 aromatic rings. The van der Waals surface area contributed by atoms with E-state index in [1.165, 1.54) is 0 Å². The Morgan fingerprint density at radius 1 is 1.59 bits per heavy atom. The lowest BCUT2D eigenvalue weighted by atomic mass is 10.1. The van der Waals surface area contributed by atoms with Gasteiger partial charge in [-0.1, -0.05) is 11.6 Å². The van der Waals surface area contributed by atoms with Gasteiger partial charge in [-0.05, 0) is 19.1 Å². The maximum atomic E-state index is 11.5. The van der Waals surface area contributed by atoms with Gasteiger partial charge in [-0.25, -0.2) is 4.79 Å². The third-order valence-corrected chi connectivity index (χ3v) is 2.13. The summed E-state index contributed by atoms with van der Waals surface area (Å²) >= 11 is 5.66. The molecule has 0 atom stereocenters. The highest BCUT2D eigenvalue weighted by Gasteiger charge is 2.26. The summed E-state index contributed by atoms with van der Waals surface area (Å²) in [6, 6.07) is 2.22.